The van der Waals surface area contributed by atoms with Crippen LogP contribution in [0.2, 0.25) is 0 Å². The van der Waals surface area contributed by atoms with Gasteiger partial charge in [-0.1, -0.05) is 0 Å². The summed E-state index contributed by atoms with van der Waals surface area (Å²) in [6.45, 7) is 2.15. The van der Waals surface area contributed by atoms with Crippen LogP contribution in [-0.2, 0) is 11.3 Å². The first-order valence-electron chi connectivity index (χ1n) is 4.05. The molecular formula is C7H13N5O. The van der Waals surface area contributed by atoms with Gasteiger partial charge < -0.3 is 11.1 Å². The molecule has 0 aliphatic rings. The summed E-state index contributed by atoms with van der Waals surface area (Å²) < 4.78 is 0. The van der Waals surface area contributed by atoms with Crippen LogP contribution >= 0.6 is 0 Å². The summed E-state index contributed by atoms with van der Waals surface area (Å²) in [6, 6.07) is -0.116. The first-order chi connectivity index (χ1) is 6.18. The molecule has 1 unspecified atom stereocenters. The van der Waals surface area contributed by atoms with E-state index in [2.05, 4.69) is 20.5 Å². The molecule has 72 valence electrons. The van der Waals surface area contributed by atoms with Crippen LogP contribution in [0.15, 0.2) is 6.33 Å². The first-order valence-corrected chi connectivity index (χ1v) is 4.05. The van der Waals surface area contributed by atoms with Crippen molar-refractivity contribution in [2.75, 3.05) is 0 Å². The molecule has 0 aromatic carbocycles. The van der Waals surface area contributed by atoms with Crippen molar-refractivity contribution < 1.29 is 4.79 Å². The average Bonchev–Trinajstić information content (AvgIpc) is 2.51. The molecule has 0 spiro atoms. The highest BCUT2D eigenvalue weighted by Crippen LogP contribution is 1.88. The number of aromatic amines is 1. The highest BCUT2D eigenvalue weighted by atomic mass is 16.1. The molecule has 13 heavy (non-hydrogen) atoms. The Morgan fingerprint density at radius 2 is 2.62 bits per heavy atom. The van der Waals surface area contributed by atoms with E-state index in [1.54, 1.807) is 6.92 Å². The molecule has 6 heteroatoms. The number of H-pyrrole nitrogens is 1. The topological polar surface area (TPSA) is 96.7 Å². The minimum Gasteiger partial charge on any atom is -0.349 e. The van der Waals surface area contributed by atoms with Gasteiger partial charge in [0.05, 0.1) is 6.54 Å². The Hall–Kier alpha value is -1.43. The van der Waals surface area contributed by atoms with Crippen LogP contribution in [0.25, 0.3) is 0 Å². The molecule has 0 radical (unpaired) electrons. The van der Waals surface area contributed by atoms with Gasteiger partial charge in [-0.15, -0.1) is 0 Å². The van der Waals surface area contributed by atoms with E-state index in [1.807, 2.05) is 0 Å². The number of nitrogens with zero attached hydrogens (tertiary/aromatic N) is 2. The largest absolute Gasteiger partial charge is 0.349 e. The molecule has 6 nitrogen and oxygen atoms in total. The number of nitrogens with one attached hydrogen (secondary N) is 2. The van der Waals surface area contributed by atoms with Gasteiger partial charge in [-0.3, -0.25) is 9.89 Å². The number of carbonyl (C=O) groups is 1. The zero-order valence-electron chi connectivity index (χ0n) is 7.45. The minimum absolute atomic E-state index is 0.0774. The van der Waals surface area contributed by atoms with Crippen molar-refractivity contribution in [3.8, 4) is 0 Å². The molecule has 4 N–H and O–H groups in total. The lowest BCUT2D eigenvalue weighted by Crippen LogP contribution is -2.29. The minimum atomic E-state index is -0.116. The highest BCUT2D eigenvalue weighted by Gasteiger charge is 2.04. The third kappa shape index (κ3) is 3.66. The summed E-state index contributed by atoms with van der Waals surface area (Å²) in [5.74, 6) is 0.560. The Labute approximate surface area is 75.9 Å². The van der Waals surface area contributed by atoms with E-state index in [9.17, 15) is 4.79 Å². The van der Waals surface area contributed by atoms with E-state index >= 15 is 0 Å². The number of amides is 1. The number of hydrogen-bond acceptors (Lipinski definition) is 4. The van der Waals surface area contributed by atoms with Crippen molar-refractivity contribution in [3.63, 3.8) is 0 Å². The molecule has 0 aliphatic heterocycles. The first kappa shape index (κ1) is 9.66. The maximum atomic E-state index is 11.1. The monoisotopic (exact) mass is 183 g/mol. The fourth-order valence-electron chi connectivity index (χ4n) is 0.863. The quantitative estimate of drug-likeness (QED) is 0.567. The molecule has 0 saturated heterocycles. The van der Waals surface area contributed by atoms with Crippen molar-refractivity contribution in [1.82, 2.24) is 20.5 Å². The van der Waals surface area contributed by atoms with Crippen molar-refractivity contribution in [2.45, 2.75) is 25.9 Å². The fourth-order valence-corrected chi connectivity index (χ4v) is 0.863. The molecule has 0 bridgehead atoms. The van der Waals surface area contributed by atoms with E-state index < -0.39 is 0 Å². The van der Waals surface area contributed by atoms with Crippen molar-refractivity contribution >= 4 is 5.91 Å². The van der Waals surface area contributed by atoms with Gasteiger partial charge in [-0.2, -0.15) is 5.10 Å². The van der Waals surface area contributed by atoms with Crippen molar-refractivity contribution in [1.29, 1.82) is 0 Å². The number of nitrogens with two attached hydrogens (primary N) is 1. The fraction of sp³-hybridized carbons (Fsp3) is 0.571. The predicted octanol–water partition coefficient (Wildman–Crippen LogP) is -0.842. The zero-order valence-corrected chi connectivity index (χ0v) is 7.45. The number of carbonyl (C=O) groups excluding carboxylic acids is 1. The maximum Gasteiger partial charge on any atom is 0.221 e. The smallest absolute Gasteiger partial charge is 0.221 e. The van der Waals surface area contributed by atoms with Crippen LogP contribution in [0.3, 0.4) is 0 Å². The van der Waals surface area contributed by atoms with E-state index in [1.165, 1.54) is 6.33 Å². The van der Waals surface area contributed by atoms with Crippen molar-refractivity contribution in [2.24, 2.45) is 5.73 Å². The van der Waals surface area contributed by atoms with Gasteiger partial charge in [-0.25, -0.2) is 4.98 Å². The Morgan fingerprint density at radius 3 is 3.15 bits per heavy atom. The Kier molecular flexibility index (Phi) is 3.39. The van der Waals surface area contributed by atoms with Crippen molar-refractivity contribution in [3.05, 3.63) is 12.2 Å². The average molecular weight is 183 g/mol. The molecule has 1 aromatic rings. The maximum absolute atomic E-state index is 11.1. The van der Waals surface area contributed by atoms with Crippen LogP contribution in [0.5, 0.6) is 0 Å². The summed E-state index contributed by atoms with van der Waals surface area (Å²) >= 11 is 0. The molecular weight excluding hydrogens is 170 g/mol. The van der Waals surface area contributed by atoms with Crippen LogP contribution in [0, 0.1) is 0 Å². The van der Waals surface area contributed by atoms with Crippen LogP contribution in [0.4, 0.5) is 0 Å². The van der Waals surface area contributed by atoms with Gasteiger partial charge in [0.1, 0.15) is 12.2 Å². The highest BCUT2D eigenvalue weighted by molar-refractivity contribution is 5.76. The molecule has 1 atom stereocenters. The van der Waals surface area contributed by atoms with Crippen LogP contribution in [0.1, 0.15) is 19.2 Å². The molecule has 1 amide bonds. The third-order valence-electron chi connectivity index (χ3n) is 1.43. The zero-order chi connectivity index (χ0) is 9.68. The van der Waals surface area contributed by atoms with E-state index in [0.29, 0.717) is 18.8 Å². The lowest BCUT2D eigenvalue weighted by atomic mass is 10.2. The van der Waals surface area contributed by atoms with Gasteiger partial charge in [0, 0.05) is 12.5 Å². The van der Waals surface area contributed by atoms with Gasteiger partial charge in [0.25, 0.3) is 0 Å². The summed E-state index contributed by atoms with van der Waals surface area (Å²) in [5, 5.41) is 8.95. The number of hydrogen-bond donors (Lipinski definition) is 3. The van der Waals surface area contributed by atoms with E-state index in [-0.39, 0.29) is 11.9 Å². The Balaban J connectivity index is 2.23. The van der Waals surface area contributed by atoms with Gasteiger partial charge in [0.15, 0.2) is 0 Å². The van der Waals surface area contributed by atoms with E-state index in [0.717, 1.165) is 0 Å². The van der Waals surface area contributed by atoms with Gasteiger partial charge in [-0.05, 0) is 6.92 Å². The number of aromatic nitrogens is 3. The molecule has 1 rings (SSSR count). The number of rotatable bonds is 4. The Morgan fingerprint density at radius 1 is 1.85 bits per heavy atom. The van der Waals surface area contributed by atoms with Crippen LogP contribution < -0.4 is 11.1 Å². The summed E-state index contributed by atoms with van der Waals surface area (Å²) in [6.07, 6.45) is 1.72. The predicted molar refractivity (Wildman–Crippen MR) is 46.5 cm³/mol. The van der Waals surface area contributed by atoms with Gasteiger partial charge >= 0.3 is 0 Å². The third-order valence-corrected chi connectivity index (χ3v) is 1.43. The SMILES string of the molecule is CC(N)CC(=O)NCc1ncn[nH]1. The molecule has 0 aliphatic carbocycles. The molecule has 1 heterocycles. The molecule has 1 aromatic heterocycles. The van der Waals surface area contributed by atoms with Gasteiger partial charge in [0.2, 0.25) is 5.91 Å². The molecule has 0 saturated carbocycles. The second-order valence-electron chi connectivity index (χ2n) is 2.89. The standard InChI is InChI=1S/C7H13N5O/c1-5(8)2-7(13)9-3-6-10-4-11-12-6/h4-5H,2-3,8H2,1H3,(H,9,13)(H,10,11,12). The van der Waals surface area contributed by atoms with E-state index in [4.69, 9.17) is 5.73 Å². The second kappa shape index (κ2) is 4.56. The van der Waals surface area contributed by atoms with Crippen LogP contribution in [-0.4, -0.2) is 27.1 Å². The summed E-state index contributed by atoms with van der Waals surface area (Å²) in [7, 11) is 0. The summed E-state index contributed by atoms with van der Waals surface area (Å²) in [4.78, 5) is 15.0. The molecule has 0 fully saturated rings. The Bertz CT molecular complexity index is 256. The lowest BCUT2D eigenvalue weighted by molar-refractivity contribution is -0.121. The lowest BCUT2D eigenvalue weighted by Gasteiger charge is -2.04. The normalized spacial score (nSPS) is 12.5. The second-order valence-corrected chi connectivity index (χ2v) is 2.89. The summed E-state index contributed by atoms with van der Waals surface area (Å²) in [5.41, 5.74) is 5.45.